The van der Waals surface area contributed by atoms with Crippen molar-refractivity contribution in [3.05, 3.63) is 74.7 Å². The molecule has 0 aliphatic carbocycles. The fraction of sp³-hybridized carbons (Fsp3) is 0.370. The molecule has 0 unspecified atom stereocenters. The van der Waals surface area contributed by atoms with E-state index in [1.54, 1.807) is 7.05 Å². The molecule has 0 radical (unpaired) electrons. The summed E-state index contributed by atoms with van der Waals surface area (Å²) in [5, 5.41) is 2.76. The number of likely N-dealkylation sites (N-methyl/N-ethyl adjacent to an activating group) is 1. The van der Waals surface area contributed by atoms with Gasteiger partial charge in [-0.1, -0.05) is 65.1 Å². The maximum atomic E-state index is 12.6. The monoisotopic (exact) mass is 628 g/mol. The number of amidine groups is 1. The Hall–Kier alpha value is -2.63. The van der Waals surface area contributed by atoms with Crippen LogP contribution in [0.25, 0.3) is 0 Å². The average Bonchev–Trinajstić information content (AvgIpc) is 3.36. The van der Waals surface area contributed by atoms with E-state index < -0.39 is 27.4 Å². The van der Waals surface area contributed by atoms with E-state index in [1.807, 2.05) is 45.0 Å². The van der Waals surface area contributed by atoms with Gasteiger partial charge in [-0.2, -0.15) is 0 Å². The summed E-state index contributed by atoms with van der Waals surface area (Å²) in [5.74, 6) is -0.0937. The third kappa shape index (κ3) is 8.44. The van der Waals surface area contributed by atoms with Gasteiger partial charge < -0.3 is 9.64 Å². The molecule has 0 atom stereocenters. The Morgan fingerprint density at radius 2 is 1.77 bits per heavy atom. The van der Waals surface area contributed by atoms with Gasteiger partial charge in [0, 0.05) is 31.8 Å². The minimum Gasteiger partial charge on any atom is -0.443 e. The molecule has 216 valence electrons. The number of hydrogen-bond donors (Lipinski definition) is 1. The summed E-state index contributed by atoms with van der Waals surface area (Å²) in [4.78, 5) is 32.4. The lowest BCUT2D eigenvalue weighted by Crippen LogP contribution is -2.39. The van der Waals surface area contributed by atoms with Crippen molar-refractivity contribution < 1.29 is 22.7 Å². The largest absolute Gasteiger partial charge is 0.443 e. The Bertz CT molecular complexity index is 1420. The quantitative estimate of drug-likeness (QED) is 0.233. The van der Waals surface area contributed by atoms with Crippen LogP contribution >= 0.6 is 34.8 Å². The van der Waals surface area contributed by atoms with Gasteiger partial charge in [0.05, 0.1) is 33.1 Å². The van der Waals surface area contributed by atoms with Crippen molar-refractivity contribution in [3.8, 4) is 0 Å². The lowest BCUT2D eigenvalue weighted by Gasteiger charge is -2.25. The topological polar surface area (TPSA) is 108 Å². The van der Waals surface area contributed by atoms with E-state index in [-0.39, 0.29) is 32.4 Å². The van der Waals surface area contributed by atoms with E-state index in [2.05, 4.69) is 10.3 Å². The Kier molecular flexibility index (Phi) is 10.6. The number of ether oxygens (including phenoxy) is 1. The van der Waals surface area contributed by atoms with Crippen molar-refractivity contribution in [2.45, 2.75) is 37.8 Å². The highest BCUT2D eigenvalue weighted by Crippen LogP contribution is 2.35. The third-order valence-electron chi connectivity index (χ3n) is 5.61. The van der Waals surface area contributed by atoms with E-state index in [0.29, 0.717) is 25.5 Å². The second-order valence-corrected chi connectivity index (χ2v) is 13.1. The van der Waals surface area contributed by atoms with Crippen LogP contribution in [0.1, 0.15) is 31.9 Å². The molecular weight excluding hydrogens is 599 g/mol. The number of carbonyl (C=O) groups excluding carboxylic acids is 2. The predicted octanol–water partition coefficient (Wildman–Crippen LogP) is 5.18. The van der Waals surface area contributed by atoms with Crippen molar-refractivity contribution in [2.75, 3.05) is 32.6 Å². The van der Waals surface area contributed by atoms with Gasteiger partial charge in [-0.25, -0.2) is 13.2 Å². The predicted molar refractivity (Wildman–Crippen MR) is 158 cm³/mol. The first-order valence-electron chi connectivity index (χ1n) is 12.3. The van der Waals surface area contributed by atoms with Crippen LogP contribution in [0.5, 0.6) is 0 Å². The standard InChI is InChI=1S/C27H31Cl3N4O5S/c1-27(2,3)39-26(36)34-15-14-32-25(34)19-9-7-18(8-10-19)16-33(4)22(35)6-5-13-31-17-40(37,38)21-12-11-20(28)23(29)24(21)30/h5-12,31H,13-17H2,1-4H3/b6-5+. The number of nitrogens with one attached hydrogen (secondary N) is 1. The van der Waals surface area contributed by atoms with Crippen LogP contribution < -0.4 is 5.32 Å². The molecule has 9 nitrogen and oxygen atoms in total. The molecular formula is C27H31Cl3N4O5S. The number of sulfone groups is 1. The van der Waals surface area contributed by atoms with E-state index in [1.165, 1.54) is 34.1 Å². The van der Waals surface area contributed by atoms with Crippen molar-refractivity contribution in [1.82, 2.24) is 15.1 Å². The lowest BCUT2D eigenvalue weighted by atomic mass is 10.1. The minimum absolute atomic E-state index is 0.0253. The summed E-state index contributed by atoms with van der Waals surface area (Å²) in [5.41, 5.74) is 1.07. The fourth-order valence-corrected chi connectivity index (χ4v) is 5.83. The van der Waals surface area contributed by atoms with Gasteiger partial charge >= 0.3 is 6.09 Å². The molecule has 3 rings (SSSR count). The SMILES string of the molecule is CN(Cc1ccc(C2=NCCN2C(=O)OC(C)(C)C)cc1)C(=O)/C=C/CNCS(=O)(=O)c1ccc(Cl)c(Cl)c1Cl. The average molecular weight is 630 g/mol. The van der Waals surface area contributed by atoms with E-state index in [4.69, 9.17) is 39.5 Å². The molecule has 0 bridgehead atoms. The van der Waals surface area contributed by atoms with Crippen LogP contribution in [-0.4, -0.2) is 74.2 Å². The Labute approximate surface area is 249 Å². The molecule has 40 heavy (non-hydrogen) atoms. The first-order chi connectivity index (χ1) is 18.7. The molecule has 13 heteroatoms. The molecule has 0 fully saturated rings. The Balaban J connectivity index is 1.50. The molecule has 2 aromatic rings. The molecule has 0 aromatic heterocycles. The molecule has 0 saturated carbocycles. The summed E-state index contributed by atoms with van der Waals surface area (Å²) in [6, 6.07) is 10.1. The highest BCUT2D eigenvalue weighted by molar-refractivity contribution is 7.91. The summed E-state index contributed by atoms with van der Waals surface area (Å²) in [6.07, 6.45) is 2.47. The number of rotatable bonds is 9. The Morgan fingerprint density at radius 3 is 2.42 bits per heavy atom. The first kappa shape index (κ1) is 31.9. The second-order valence-electron chi connectivity index (χ2n) is 10.0. The van der Waals surface area contributed by atoms with Crippen LogP contribution in [0.4, 0.5) is 4.79 Å². The second kappa shape index (κ2) is 13.4. The van der Waals surface area contributed by atoms with Crippen LogP contribution in [0.2, 0.25) is 15.1 Å². The molecule has 2 aromatic carbocycles. The number of aliphatic imine (C=N–C) groups is 1. The van der Waals surface area contributed by atoms with E-state index >= 15 is 0 Å². The smallest absolute Gasteiger partial charge is 0.416 e. The lowest BCUT2D eigenvalue weighted by molar-refractivity contribution is -0.125. The molecule has 1 heterocycles. The number of amides is 2. The zero-order valence-corrected chi connectivity index (χ0v) is 25.7. The zero-order valence-electron chi connectivity index (χ0n) is 22.6. The van der Waals surface area contributed by atoms with Gasteiger partial charge in [0.15, 0.2) is 9.84 Å². The Morgan fingerprint density at radius 1 is 1.10 bits per heavy atom. The van der Waals surface area contributed by atoms with Gasteiger partial charge in [0.25, 0.3) is 0 Å². The van der Waals surface area contributed by atoms with Crippen molar-refractivity contribution in [1.29, 1.82) is 0 Å². The zero-order chi connectivity index (χ0) is 29.7. The normalized spacial score (nSPS) is 14.0. The maximum Gasteiger partial charge on any atom is 0.416 e. The van der Waals surface area contributed by atoms with E-state index in [0.717, 1.165) is 11.1 Å². The summed E-state index contributed by atoms with van der Waals surface area (Å²) in [6.45, 7) is 6.90. The maximum absolute atomic E-state index is 12.6. The number of hydrogen-bond acceptors (Lipinski definition) is 7. The van der Waals surface area contributed by atoms with Gasteiger partial charge in [0.2, 0.25) is 5.91 Å². The van der Waals surface area contributed by atoms with Crippen LogP contribution in [0, 0.1) is 0 Å². The van der Waals surface area contributed by atoms with Crippen LogP contribution in [0.15, 0.2) is 58.4 Å². The molecule has 1 aliphatic heterocycles. The fourth-order valence-electron chi connectivity index (χ4n) is 3.69. The summed E-state index contributed by atoms with van der Waals surface area (Å²) >= 11 is 17.8. The first-order valence-corrected chi connectivity index (χ1v) is 15.1. The van der Waals surface area contributed by atoms with Crippen molar-refractivity contribution in [3.63, 3.8) is 0 Å². The highest BCUT2D eigenvalue weighted by atomic mass is 35.5. The van der Waals surface area contributed by atoms with Crippen molar-refractivity contribution in [2.24, 2.45) is 4.99 Å². The summed E-state index contributed by atoms with van der Waals surface area (Å²) < 4.78 is 30.6. The molecule has 0 spiro atoms. The van der Waals surface area contributed by atoms with Gasteiger partial charge in [-0.05, 0) is 38.5 Å². The van der Waals surface area contributed by atoms with Gasteiger partial charge in [0.1, 0.15) is 17.3 Å². The number of halogens is 3. The third-order valence-corrected chi connectivity index (χ3v) is 8.61. The van der Waals surface area contributed by atoms with Gasteiger partial charge in [-0.15, -0.1) is 0 Å². The van der Waals surface area contributed by atoms with Gasteiger partial charge in [-0.3, -0.25) is 20.0 Å². The number of carbonyl (C=O) groups is 2. The molecule has 2 amide bonds. The molecule has 1 aliphatic rings. The number of benzene rings is 2. The van der Waals surface area contributed by atoms with Crippen LogP contribution in [-0.2, 0) is 25.9 Å². The highest BCUT2D eigenvalue weighted by Gasteiger charge is 2.29. The minimum atomic E-state index is -3.77. The molecule has 0 saturated heterocycles. The molecule has 1 N–H and O–H groups in total. The number of nitrogens with zero attached hydrogens (tertiary/aromatic N) is 3. The van der Waals surface area contributed by atoms with Crippen molar-refractivity contribution >= 4 is 62.5 Å². The summed E-state index contributed by atoms with van der Waals surface area (Å²) in [7, 11) is -2.10. The van der Waals surface area contributed by atoms with E-state index in [9.17, 15) is 18.0 Å². The van der Waals surface area contributed by atoms with Crippen LogP contribution in [0.3, 0.4) is 0 Å².